The number of ketones is 2. The van der Waals surface area contributed by atoms with Gasteiger partial charge in [0.1, 0.15) is 23.8 Å². The lowest BCUT2D eigenvalue weighted by Crippen LogP contribution is -2.49. The van der Waals surface area contributed by atoms with E-state index in [1.807, 2.05) is 25.2 Å². The van der Waals surface area contributed by atoms with E-state index in [-0.39, 0.29) is 30.5 Å². The number of unbranched alkanes of at least 4 members (excludes halogenated alkanes) is 4. The first-order valence-electron chi connectivity index (χ1n) is 9.88. The molecule has 0 unspecified atom stereocenters. The van der Waals surface area contributed by atoms with E-state index in [4.69, 9.17) is 4.74 Å². The second-order valence-electron chi connectivity index (χ2n) is 7.62. The van der Waals surface area contributed by atoms with Crippen LogP contribution >= 0.6 is 0 Å². The Kier molecular flexibility index (Phi) is 7.39. The van der Waals surface area contributed by atoms with Crippen molar-refractivity contribution in [3.63, 3.8) is 0 Å². The molecule has 0 saturated heterocycles. The average Bonchev–Trinajstić information content (AvgIpc) is 2.60. The number of hydrogen-bond acceptors (Lipinski definition) is 4. The van der Waals surface area contributed by atoms with Crippen molar-refractivity contribution in [1.29, 1.82) is 0 Å². The zero-order valence-corrected chi connectivity index (χ0v) is 16.3. The number of hydrogen-bond donors (Lipinski definition) is 1. The maximum Gasteiger partial charge on any atom is 0.194 e. The molecular formula is C22H32O4. The summed E-state index contributed by atoms with van der Waals surface area (Å²) in [6.45, 7) is 5.82. The van der Waals surface area contributed by atoms with Gasteiger partial charge in [-0.25, -0.2) is 0 Å². The smallest absolute Gasteiger partial charge is 0.194 e. The Hall–Kier alpha value is -1.68. The maximum atomic E-state index is 12.7. The monoisotopic (exact) mass is 360 g/mol. The largest absolute Gasteiger partial charge is 0.489 e. The summed E-state index contributed by atoms with van der Waals surface area (Å²) in [6, 6.07) is 0. The molecule has 0 saturated carbocycles. The van der Waals surface area contributed by atoms with Crippen LogP contribution in [-0.2, 0) is 14.3 Å². The molecular weight excluding hydrogens is 328 g/mol. The van der Waals surface area contributed by atoms with Crippen molar-refractivity contribution in [2.45, 2.75) is 77.7 Å². The van der Waals surface area contributed by atoms with Crippen LogP contribution in [0.4, 0.5) is 0 Å². The summed E-state index contributed by atoms with van der Waals surface area (Å²) >= 11 is 0. The molecule has 0 radical (unpaired) electrons. The van der Waals surface area contributed by atoms with Crippen LogP contribution in [0, 0.1) is 5.92 Å². The van der Waals surface area contributed by atoms with Crippen molar-refractivity contribution in [2.24, 2.45) is 5.92 Å². The van der Waals surface area contributed by atoms with Crippen LogP contribution in [0.15, 0.2) is 35.1 Å². The highest BCUT2D eigenvalue weighted by Crippen LogP contribution is 2.40. The van der Waals surface area contributed by atoms with E-state index < -0.39 is 5.60 Å². The fourth-order valence-electron chi connectivity index (χ4n) is 3.73. The van der Waals surface area contributed by atoms with Gasteiger partial charge < -0.3 is 9.84 Å². The van der Waals surface area contributed by atoms with Crippen molar-refractivity contribution in [3.8, 4) is 0 Å². The molecule has 4 nitrogen and oxygen atoms in total. The van der Waals surface area contributed by atoms with Gasteiger partial charge in [-0.1, -0.05) is 38.7 Å². The minimum atomic E-state index is -1.49. The van der Waals surface area contributed by atoms with Gasteiger partial charge in [-0.05, 0) is 44.4 Å². The highest BCUT2D eigenvalue weighted by Gasteiger charge is 2.46. The third-order valence-electron chi connectivity index (χ3n) is 5.45. The molecule has 0 aromatic carbocycles. The van der Waals surface area contributed by atoms with Crippen molar-refractivity contribution in [2.75, 3.05) is 6.61 Å². The summed E-state index contributed by atoms with van der Waals surface area (Å²) in [5.74, 6) is 0.211. The van der Waals surface area contributed by atoms with Gasteiger partial charge >= 0.3 is 0 Å². The second-order valence-corrected chi connectivity index (χ2v) is 7.62. The topological polar surface area (TPSA) is 63.6 Å². The summed E-state index contributed by atoms with van der Waals surface area (Å²) in [5.41, 5.74) is -0.0421. The molecule has 0 aromatic rings. The summed E-state index contributed by atoms with van der Waals surface area (Å²) in [5, 5.41) is 10.8. The third kappa shape index (κ3) is 4.94. The molecule has 0 fully saturated rings. The Labute approximate surface area is 157 Å². The van der Waals surface area contributed by atoms with Gasteiger partial charge in [-0.15, -0.1) is 0 Å². The minimum Gasteiger partial charge on any atom is -0.489 e. The zero-order valence-electron chi connectivity index (χ0n) is 16.3. The minimum absolute atomic E-state index is 0.147. The molecule has 2 aliphatic rings. The van der Waals surface area contributed by atoms with Gasteiger partial charge in [-0.3, -0.25) is 9.59 Å². The van der Waals surface area contributed by atoms with E-state index in [0.717, 1.165) is 30.6 Å². The van der Waals surface area contributed by atoms with Gasteiger partial charge in [0.15, 0.2) is 5.78 Å². The van der Waals surface area contributed by atoms with Gasteiger partial charge in [0.05, 0.1) is 0 Å². The predicted octanol–water partition coefficient (Wildman–Crippen LogP) is 4.43. The van der Waals surface area contributed by atoms with E-state index in [9.17, 15) is 14.7 Å². The molecule has 1 aliphatic carbocycles. The van der Waals surface area contributed by atoms with Crippen LogP contribution in [0.25, 0.3) is 0 Å². The maximum absolute atomic E-state index is 12.7. The van der Waals surface area contributed by atoms with Crippen LogP contribution in [0.2, 0.25) is 0 Å². The number of Topliss-reactive ketones (excluding diaryl/α,β-unsaturated/α-hetero) is 2. The van der Waals surface area contributed by atoms with E-state index in [1.54, 1.807) is 6.92 Å². The van der Waals surface area contributed by atoms with Crippen molar-refractivity contribution < 1.29 is 19.4 Å². The molecule has 1 aliphatic heterocycles. The lowest BCUT2D eigenvalue weighted by molar-refractivity contribution is -0.141. The van der Waals surface area contributed by atoms with Crippen LogP contribution in [0.3, 0.4) is 0 Å². The zero-order chi connectivity index (χ0) is 19.2. The summed E-state index contributed by atoms with van der Waals surface area (Å²) in [7, 11) is 0. The summed E-state index contributed by atoms with van der Waals surface area (Å²) in [4.78, 5) is 25.1. The number of carbonyl (C=O) groups is 2. The lowest BCUT2D eigenvalue weighted by atomic mass is 9.70. The number of rotatable bonds is 9. The second kappa shape index (κ2) is 9.31. The number of aliphatic hydroxyl groups is 1. The first kappa shape index (κ1) is 20.6. The molecule has 2 atom stereocenters. The molecule has 0 bridgehead atoms. The summed E-state index contributed by atoms with van der Waals surface area (Å²) in [6.07, 6.45) is 12.5. The molecule has 0 spiro atoms. The molecule has 1 heterocycles. The third-order valence-corrected chi connectivity index (χ3v) is 5.45. The summed E-state index contributed by atoms with van der Waals surface area (Å²) < 4.78 is 5.57. The van der Waals surface area contributed by atoms with Crippen molar-refractivity contribution in [3.05, 3.63) is 35.1 Å². The Morgan fingerprint density at radius 1 is 1.35 bits per heavy atom. The molecule has 0 amide bonds. The van der Waals surface area contributed by atoms with Gasteiger partial charge in [0.2, 0.25) is 0 Å². The Morgan fingerprint density at radius 3 is 2.77 bits per heavy atom. The van der Waals surface area contributed by atoms with Gasteiger partial charge in [0, 0.05) is 24.3 Å². The van der Waals surface area contributed by atoms with Crippen LogP contribution < -0.4 is 0 Å². The first-order chi connectivity index (χ1) is 12.4. The molecule has 4 heteroatoms. The van der Waals surface area contributed by atoms with Crippen molar-refractivity contribution >= 4 is 11.6 Å². The van der Waals surface area contributed by atoms with E-state index in [2.05, 4.69) is 6.92 Å². The van der Waals surface area contributed by atoms with Gasteiger partial charge in [-0.2, -0.15) is 0 Å². The Balaban J connectivity index is 2.02. The molecule has 144 valence electrons. The van der Waals surface area contributed by atoms with Crippen molar-refractivity contribution in [1.82, 2.24) is 0 Å². The fraction of sp³-hybridized carbons (Fsp3) is 0.636. The van der Waals surface area contributed by atoms with E-state index in [0.29, 0.717) is 18.4 Å². The first-order valence-corrected chi connectivity index (χ1v) is 9.88. The van der Waals surface area contributed by atoms with Gasteiger partial charge in [0.25, 0.3) is 0 Å². The number of allylic oxidation sites excluding steroid dienone is 4. The molecule has 26 heavy (non-hydrogen) atoms. The van der Waals surface area contributed by atoms with Crippen LogP contribution in [0.5, 0.6) is 0 Å². The fourth-order valence-corrected chi connectivity index (χ4v) is 3.73. The Morgan fingerprint density at radius 2 is 2.08 bits per heavy atom. The van der Waals surface area contributed by atoms with E-state index in [1.165, 1.54) is 12.8 Å². The SMILES string of the molecule is C/C=C/C1=CC2=C(CO1)C(=O)[C@](C)(O)[C@@H](CC(=O)CCCCCCC)C2. The molecule has 1 N–H and O–H groups in total. The number of carbonyl (C=O) groups excluding carboxylic acids is 2. The lowest BCUT2D eigenvalue weighted by Gasteiger charge is -2.38. The van der Waals surface area contributed by atoms with E-state index >= 15 is 0 Å². The molecule has 0 aromatic heterocycles. The molecule has 2 rings (SSSR count). The van der Waals surface area contributed by atoms with Crippen LogP contribution in [0.1, 0.15) is 72.1 Å². The Bertz CT molecular complexity index is 622. The predicted molar refractivity (Wildman–Crippen MR) is 103 cm³/mol. The number of ether oxygens (including phenoxy) is 1. The van der Waals surface area contributed by atoms with Crippen LogP contribution in [-0.4, -0.2) is 28.9 Å². The normalized spacial score (nSPS) is 25.9. The average molecular weight is 360 g/mol. The standard InChI is InChI=1S/C22H32O4/c1-4-6-7-8-9-11-18(23)14-17-12-16-13-19(10-5-2)26-15-20(16)21(24)22(17,3)25/h5,10,13,17,25H,4,6-9,11-12,14-15H2,1-3H3/b10-5+/t17-,22-/m1/s1. The highest BCUT2D eigenvalue weighted by molar-refractivity contribution is 6.04. The highest BCUT2D eigenvalue weighted by atomic mass is 16.5. The quantitative estimate of drug-likeness (QED) is 0.618.